The topological polar surface area (TPSA) is 50.7 Å². The summed E-state index contributed by atoms with van der Waals surface area (Å²) in [5.41, 5.74) is 4.82. The van der Waals surface area contributed by atoms with E-state index in [1.54, 1.807) is 0 Å². The highest BCUT2D eigenvalue weighted by molar-refractivity contribution is 5.93. The second-order valence-electron chi connectivity index (χ2n) is 6.74. The Morgan fingerprint density at radius 2 is 1.88 bits per heavy atom. The van der Waals surface area contributed by atoms with Crippen molar-refractivity contribution in [1.29, 1.82) is 0 Å². The number of nitrogens with zero attached hydrogens (tertiary/aromatic N) is 1. The predicted octanol–water partition coefficient (Wildman–Crippen LogP) is 3.57. The van der Waals surface area contributed by atoms with Crippen LogP contribution < -0.4 is 5.32 Å². The van der Waals surface area contributed by atoms with E-state index >= 15 is 0 Å². The number of benzene rings is 2. The van der Waals surface area contributed by atoms with Crippen LogP contribution in [0.1, 0.15) is 42.0 Å². The van der Waals surface area contributed by atoms with Crippen LogP contribution >= 0.6 is 0 Å². The largest absolute Gasteiger partial charge is 0.382 e. The van der Waals surface area contributed by atoms with Crippen LogP contribution in [-0.4, -0.2) is 17.7 Å². The summed E-state index contributed by atoms with van der Waals surface area (Å²) in [5, 5.41) is 7.26. The minimum atomic E-state index is -0.487. The maximum Gasteiger partial charge on any atom is 0.264 e. The monoisotopic (exact) mass is 334 g/mol. The highest BCUT2D eigenvalue weighted by atomic mass is 16.6. The summed E-state index contributed by atoms with van der Waals surface area (Å²) in [7, 11) is 0. The van der Waals surface area contributed by atoms with Crippen molar-refractivity contribution in [3.8, 4) is 0 Å². The Bertz CT molecular complexity index is 785. The maximum atomic E-state index is 12.5. The fourth-order valence-corrected chi connectivity index (χ4v) is 3.62. The van der Waals surface area contributed by atoms with E-state index in [4.69, 9.17) is 4.84 Å². The first-order valence-electron chi connectivity index (χ1n) is 8.93. The number of amides is 1. The van der Waals surface area contributed by atoms with Crippen LogP contribution in [0.4, 0.5) is 0 Å². The van der Waals surface area contributed by atoms with Gasteiger partial charge in [0.2, 0.25) is 6.10 Å². The van der Waals surface area contributed by atoms with Crippen LogP contribution in [0, 0.1) is 0 Å². The molecule has 0 aromatic heterocycles. The summed E-state index contributed by atoms with van der Waals surface area (Å²) in [6, 6.07) is 18.7. The quantitative estimate of drug-likeness (QED) is 0.909. The molecule has 0 fully saturated rings. The first kappa shape index (κ1) is 15.9. The van der Waals surface area contributed by atoms with Gasteiger partial charge >= 0.3 is 0 Å². The molecule has 25 heavy (non-hydrogen) atoms. The molecule has 2 aromatic rings. The van der Waals surface area contributed by atoms with Crippen molar-refractivity contribution in [2.45, 2.75) is 44.2 Å². The number of aryl methyl sites for hydroxylation is 2. The number of nitrogens with one attached hydrogen (secondary N) is 1. The minimum absolute atomic E-state index is 0.0554. The van der Waals surface area contributed by atoms with Crippen LogP contribution in [0.3, 0.4) is 0 Å². The Kier molecular flexibility index (Phi) is 4.51. The predicted molar refractivity (Wildman–Crippen MR) is 97.3 cm³/mol. The number of carbonyl (C=O) groups is 1. The lowest BCUT2D eigenvalue weighted by atomic mass is 10.0. The van der Waals surface area contributed by atoms with Crippen molar-refractivity contribution in [2.24, 2.45) is 5.16 Å². The number of rotatable bonds is 5. The Hall–Kier alpha value is -2.62. The molecule has 0 bridgehead atoms. The molecular weight excluding hydrogens is 312 g/mol. The van der Waals surface area contributed by atoms with E-state index in [1.165, 1.54) is 16.7 Å². The van der Waals surface area contributed by atoms with E-state index in [1.807, 2.05) is 24.3 Å². The van der Waals surface area contributed by atoms with Crippen LogP contribution in [0.15, 0.2) is 59.8 Å². The molecular formula is C21H22N2O2. The molecule has 4 nitrogen and oxygen atoms in total. The van der Waals surface area contributed by atoms with Gasteiger partial charge in [0.15, 0.2) is 0 Å². The average molecular weight is 334 g/mol. The fraction of sp³-hybridized carbons (Fsp3) is 0.333. The fourth-order valence-electron chi connectivity index (χ4n) is 3.62. The summed E-state index contributed by atoms with van der Waals surface area (Å²) < 4.78 is 0. The van der Waals surface area contributed by atoms with Crippen LogP contribution in [-0.2, 0) is 22.5 Å². The third-order valence-corrected chi connectivity index (χ3v) is 5.02. The van der Waals surface area contributed by atoms with Gasteiger partial charge in [0, 0.05) is 6.42 Å². The Morgan fingerprint density at radius 3 is 2.76 bits per heavy atom. The van der Waals surface area contributed by atoms with Gasteiger partial charge in [-0.25, -0.2) is 0 Å². The van der Waals surface area contributed by atoms with Crippen molar-refractivity contribution < 1.29 is 9.63 Å². The lowest BCUT2D eigenvalue weighted by molar-refractivity contribution is -0.131. The zero-order chi connectivity index (χ0) is 17.1. The second kappa shape index (κ2) is 7.09. The third-order valence-electron chi connectivity index (χ3n) is 5.02. The Morgan fingerprint density at radius 1 is 1.08 bits per heavy atom. The van der Waals surface area contributed by atoms with E-state index in [-0.39, 0.29) is 11.9 Å². The molecule has 0 unspecified atom stereocenters. The van der Waals surface area contributed by atoms with E-state index in [0.717, 1.165) is 31.4 Å². The van der Waals surface area contributed by atoms with Crippen molar-refractivity contribution >= 4 is 11.6 Å². The normalized spacial score (nSPS) is 21.4. The van der Waals surface area contributed by atoms with Crippen LogP contribution in [0.2, 0.25) is 0 Å². The molecule has 1 N–H and O–H groups in total. The Balaban J connectivity index is 1.29. The summed E-state index contributed by atoms with van der Waals surface area (Å²) in [4.78, 5) is 17.9. The molecule has 0 radical (unpaired) electrons. The first-order valence-corrected chi connectivity index (χ1v) is 8.93. The molecule has 0 spiro atoms. The lowest BCUT2D eigenvalue weighted by Gasteiger charge is -2.16. The van der Waals surface area contributed by atoms with Crippen molar-refractivity contribution in [3.63, 3.8) is 0 Å². The van der Waals surface area contributed by atoms with Gasteiger partial charge in [-0.1, -0.05) is 59.8 Å². The van der Waals surface area contributed by atoms with E-state index in [0.29, 0.717) is 6.42 Å². The minimum Gasteiger partial charge on any atom is -0.382 e. The summed E-state index contributed by atoms with van der Waals surface area (Å²) >= 11 is 0. The van der Waals surface area contributed by atoms with Crippen molar-refractivity contribution in [3.05, 3.63) is 71.3 Å². The molecule has 4 heteroatoms. The molecule has 2 aliphatic rings. The standard InChI is InChI=1S/C21H22N2O2/c24-21(22-19-13-11-16-8-4-5-9-18(16)19)20-14-17(23-25-20)12-10-15-6-2-1-3-7-15/h1-9,19-20H,10-14H2,(H,22,24)/t19-,20-/m0/s1. The van der Waals surface area contributed by atoms with Crippen molar-refractivity contribution in [2.75, 3.05) is 0 Å². The molecule has 128 valence electrons. The van der Waals surface area contributed by atoms with Crippen LogP contribution in [0.5, 0.6) is 0 Å². The lowest BCUT2D eigenvalue weighted by Crippen LogP contribution is -2.36. The molecule has 4 rings (SSSR count). The highest BCUT2D eigenvalue weighted by Gasteiger charge is 2.31. The van der Waals surface area contributed by atoms with Gasteiger partial charge < -0.3 is 10.2 Å². The van der Waals surface area contributed by atoms with Gasteiger partial charge in [-0.3, -0.25) is 4.79 Å². The molecule has 1 amide bonds. The second-order valence-corrected chi connectivity index (χ2v) is 6.74. The SMILES string of the molecule is O=C(N[C@H]1CCc2ccccc21)[C@@H]1CC(CCc2ccccc2)=NO1. The molecule has 0 saturated carbocycles. The van der Waals surface area contributed by atoms with Gasteiger partial charge in [0.05, 0.1) is 11.8 Å². The smallest absolute Gasteiger partial charge is 0.264 e. The maximum absolute atomic E-state index is 12.5. The molecule has 2 atom stereocenters. The molecule has 1 aliphatic carbocycles. The number of hydrogen-bond acceptors (Lipinski definition) is 3. The Labute approximate surface area is 147 Å². The van der Waals surface area contributed by atoms with Gasteiger partial charge in [0.25, 0.3) is 5.91 Å². The third kappa shape index (κ3) is 3.58. The number of carbonyl (C=O) groups excluding carboxylic acids is 1. The van der Waals surface area contributed by atoms with Gasteiger partial charge in [-0.05, 0) is 42.4 Å². The molecule has 1 heterocycles. The summed E-state index contributed by atoms with van der Waals surface area (Å²) in [5.74, 6) is -0.0554. The number of fused-ring (bicyclic) bond motifs is 1. The van der Waals surface area contributed by atoms with Crippen molar-refractivity contribution in [1.82, 2.24) is 5.32 Å². The highest BCUT2D eigenvalue weighted by Crippen LogP contribution is 2.31. The zero-order valence-corrected chi connectivity index (χ0v) is 14.2. The van der Waals surface area contributed by atoms with Crippen LogP contribution in [0.25, 0.3) is 0 Å². The zero-order valence-electron chi connectivity index (χ0n) is 14.2. The first-order chi connectivity index (χ1) is 12.3. The molecule has 1 aliphatic heterocycles. The molecule has 0 saturated heterocycles. The van der Waals surface area contributed by atoms with Gasteiger partial charge in [0.1, 0.15) is 0 Å². The average Bonchev–Trinajstić information content (AvgIpc) is 3.29. The summed E-state index contributed by atoms with van der Waals surface area (Å²) in [6.45, 7) is 0. The van der Waals surface area contributed by atoms with E-state index in [2.05, 4.69) is 40.8 Å². The van der Waals surface area contributed by atoms with Gasteiger partial charge in [-0.15, -0.1) is 0 Å². The molecule has 2 aromatic carbocycles. The van der Waals surface area contributed by atoms with E-state index < -0.39 is 6.10 Å². The number of oxime groups is 1. The summed E-state index contributed by atoms with van der Waals surface area (Å²) in [6.07, 6.45) is 3.84. The van der Waals surface area contributed by atoms with E-state index in [9.17, 15) is 4.79 Å². The van der Waals surface area contributed by atoms with Gasteiger partial charge in [-0.2, -0.15) is 0 Å². The number of hydrogen-bond donors (Lipinski definition) is 1.